The second-order valence-corrected chi connectivity index (χ2v) is 6.28. The first-order valence-electron chi connectivity index (χ1n) is 6.39. The van der Waals surface area contributed by atoms with Crippen molar-refractivity contribution in [2.24, 2.45) is 0 Å². The molecule has 2 rings (SSSR count). The van der Waals surface area contributed by atoms with Crippen LogP contribution >= 0.6 is 0 Å². The van der Waals surface area contributed by atoms with Gasteiger partial charge in [-0.05, 0) is 42.6 Å². The van der Waals surface area contributed by atoms with Crippen LogP contribution < -0.4 is 10.1 Å². The maximum absolute atomic E-state index is 11.9. The van der Waals surface area contributed by atoms with Gasteiger partial charge in [-0.2, -0.15) is 0 Å². The molecule has 0 fully saturated rings. The molecule has 0 bridgehead atoms. The van der Waals surface area contributed by atoms with Gasteiger partial charge in [-0.15, -0.1) is 0 Å². The SMILES string of the molecule is CCNC1c2cc(OC)ccc2CCC1S(C)=O. The van der Waals surface area contributed by atoms with E-state index >= 15 is 0 Å². The number of nitrogens with one attached hydrogen (secondary N) is 1. The van der Waals surface area contributed by atoms with Gasteiger partial charge in [0, 0.05) is 23.1 Å². The largest absolute Gasteiger partial charge is 0.497 e. The van der Waals surface area contributed by atoms with E-state index in [-0.39, 0.29) is 11.3 Å². The fraction of sp³-hybridized carbons (Fsp3) is 0.571. The van der Waals surface area contributed by atoms with Crippen molar-refractivity contribution in [3.05, 3.63) is 29.3 Å². The third-order valence-corrected chi connectivity index (χ3v) is 4.97. The molecular formula is C14H21NO2S. The molecule has 3 unspecified atom stereocenters. The quantitative estimate of drug-likeness (QED) is 0.907. The lowest BCUT2D eigenvalue weighted by Crippen LogP contribution is -2.38. The van der Waals surface area contributed by atoms with Crippen molar-refractivity contribution in [1.29, 1.82) is 0 Å². The number of aryl methyl sites for hydroxylation is 1. The van der Waals surface area contributed by atoms with E-state index in [9.17, 15) is 4.21 Å². The Balaban J connectivity index is 2.40. The highest BCUT2D eigenvalue weighted by Crippen LogP contribution is 2.34. The van der Waals surface area contributed by atoms with E-state index in [0.717, 1.165) is 25.1 Å². The highest BCUT2D eigenvalue weighted by molar-refractivity contribution is 7.84. The molecule has 0 spiro atoms. The van der Waals surface area contributed by atoms with Gasteiger partial charge in [-0.25, -0.2) is 0 Å². The van der Waals surface area contributed by atoms with Gasteiger partial charge in [0.2, 0.25) is 0 Å². The second kappa shape index (κ2) is 5.85. The minimum absolute atomic E-state index is 0.180. The van der Waals surface area contributed by atoms with Crippen LogP contribution in [0.4, 0.5) is 0 Å². The molecule has 1 aromatic rings. The number of hydrogen-bond acceptors (Lipinski definition) is 3. The van der Waals surface area contributed by atoms with Gasteiger partial charge in [-0.3, -0.25) is 4.21 Å². The summed E-state index contributed by atoms with van der Waals surface area (Å²) in [6, 6.07) is 6.40. The lowest BCUT2D eigenvalue weighted by atomic mass is 9.87. The van der Waals surface area contributed by atoms with Crippen LogP contribution in [-0.2, 0) is 17.2 Å². The first-order chi connectivity index (χ1) is 8.67. The van der Waals surface area contributed by atoms with Crippen molar-refractivity contribution in [2.45, 2.75) is 31.1 Å². The molecule has 100 valence electrons. The lowest BCUT2D eigenvalue weighted by Gasteiger charge is -2.33. The van der Waals surface area contributed by atoms with Crippen molar-refractivity contribution >= 4 is 10.8 Å². The number of benzene rings is 1. The standard InChI is InChI=1S/C14H21NO2S/c1-4-15-14-12-9-11(17-2)7-5-10(12)6-8-13(14)18(3)16/h5,7,9,13-15H,4,6,8H2,1-3H3. The molecule has 3 nitrogen and oxygen atoms in total. The average Bonchev–Trinajstić information content (AvgIpc) is 2.38. The predicted molar refractivity (Wildman–Crippen MR) is 75.6 cm³/mol. The van der Waals surface area contributed by atoms with Crippen LogP contribution in [0.15, 0.2) is 18.2 Å². The van der Waals surface area contributed by atoms with Crippen LogP contribution in [0.3, 0.4) is 0 Å². The van der Waals surface area contributed by atoms with Gasteiger partial charge in [0.25, 0.3) is 0 Å². The zero-order chi connectivity index (χ0) is 13.1. The van der Waals surface area contributed by atoms with Gasteiger partial charge in [0.15, 0.2) is 0 Å². The number of methoxy groups -OCH3 is 1. The summed E-state index contributed by atoms with van der Waals surface area (Å²) in [5.41, 5.74) is 2.60. The highest BCUT2D eigenvalue weighted by atomic mass is 32.2. The topological polar surface area (TPSA) is 38.3 Å². The first kappa shape index (κ1) is 13.6. The normalized spacial score (nSPS) is 24.4. The molecular weight excluding hydrogens is 246 g/mol. The van der Waals surface area contributed by atoms with E-state index in [1.54, 1.807) is 13.4 Å². The molecule has 0 amide bonds. The molecule has 3 atom stereocenters. The van der Waals surface area contributed by atoms with Crippen molar-refractivity contribution in [3.63, 3.8) is 0 Å². The fourth-order valence-electron chi connectivity index (χ4n) is 2.70. The molecule has 4 heteroatoms. The highest BCUT2D eigenvalue weighted by Gasteiger charge is 2.31. The van der Waals surface area contributed by atoms with Crippen molar-refractivity contribution in [1.82, 2.24) is 5.32 Å². The van der Waals surface area contributed by atoms with E-state index in [0.29, 0.717) is 0 Å². The molecule has 18 heavy (non-hydrogen) atoms. The van der Waals surface area contributed by atoms with Gasteiger partial charge < -0.3 is 10.1 Å². The van der Waals surface area contributed by atoms with Crippen LogP contribution in [0.1, 0.15) is 30.5 Å². The smallest absolute Gasteiger partial charge is 0.119 e. The Morgan fingerprint density at radius 1 is 1.50 bits per heavy atom. The molecule has 0 heterocycles. The Bertz CT molecular complexity index is 447. The van der Waals surface area contributed by atoms with Crippen molar-refractivity contribution in [3.8, 4) is 5.75 Å². The summed E-state index contributed by atoms with van der Waals surface area (Å²) >= 11 is 0. The maximum Gasteiger partial charge on any atom is 0.119 e. The monoisotopic (exact) mass is 267 g/mol. The van der Waals surface area contributed by atoms with Gasteiger partial charge in [0.05, 0.1) is 12.4 Å². The second-order valence-electron chi connectivity index (χ2n) is 4.68. The molecule has 1 N–H and O–H groups in total. The molecule has 0 radical (unpaired) electrons. The molecule has 1 aliphatic rings. The van der Waals surface area contributed by atoms with E-state index in [2.05, 4.69) is 24.4 Å². The Hall–Kier alpha value is -0.870. The zero-order valence-electron chi connectivity index (χ0n) is 11.2. The maximum atomic E-state index is 11.9. The summed E-state index contributed by atoms with van der Waals surface area (Å²) in [6.07, 6.45) is 3.80. The van der Waals surface area contributed by atoms with Crippen LogP contribution in [-0.4, -0.2) is 29.4 Å². The average molecular weight is 267 g/mol. The Labute approximate surface area is 111 Å². The van der Waals surface area contributed by atoms with Crippen LogP contribution in [0.25, 0.3) is 0 Å². The summed E-state index contributed by atoms with van der Waals surface area (Å²) in [5.74, 6) is 0.874. The van der Waals surface area contributed by atoms with Crippen LogP contribution in [0.2, 0.25) is 0 Å². The van der Waals surface area contributed by atoms with Crippen LogP contribution in [0, 0.1) is 0 Å². The van der Waals surface area contributed by atoms with E-state index < -0.39 is 10.8 Å². The lowest BCUT2D eigenvalue weighted by molar-refractivity contribution is 0.410. The third kappa shape index (κ3) is 2.59. The molecule has 1 aromatic carbocycles. The fourth-order valence-corrected chi connectivity index (χ4v) is 3.78. The summed E-state index contributed by atoms with van der Waals surface area (Å²) in [5, 5.41) is 3.67. The number of ether oxygens (including phenoxy) is 1. The van der Waals surface area contributed by atoms with Gasteiger partial charge in [-0.1, -0.05) is 13.0 Å². The minimum Gasteiger partial charge on any atom is -0.497 e. The first-order valence-corrected chi connectivity index (χ1v) is 8.02. The summed E-state index contributed by atoms with van der Waals surface area (Å²) < 4.78 is 17.2. The summed E-state index contributed by atoms with van der Waals surface area (Å²) in [4.78, 5) is 0. The third-order valence-electron chi connectivity index (χ3n) is 3.61. The minimum atomic E-state index is -0.803. The molecule has 0 aliphatic heterocycles. The van der Waals surface area contributed by atoms with Gasteiger partial charge >= 0.3 is 0 Å². The predicted octanol–water partition coefficient (Wildman–Crippen LogP) is 2.04. The van der Waals surface area contributed by atoms with E-state index in [4.69, 9.17) is 4.74 Å². The summed E-state index contributed by atoms with van der Waals surface area (Å²) in [6.45, 7) is 2.97. The molecule has 0 aromatic heterocycles. The van der Waals surface area contributed by atoms with Gasteiger partial charge in [0.1, 0.15) is 5.75 Å². The molecule has 0 saturated heterocycles. The van der Waals surface area contributed by atoms with E-state index in [1.807, 2.05) is 6.07 Å². The number of hydrogen-bond donors (Lipinski definition) is 1. The van der Waals surface area contributed by atoms with E-state index in [1.165, 1.54) is 11.1 Å². The molecule has 1 aliphatic carbocycles. The zero-order valence-corrected chi connectivity index (χ0v) is 12.0. The van der Waals surface area contributed by atoms with Crippen molar-refractivity contribution < 1.29 is 8.95 Å². The summed E-state index contributed by atoms with van der Waals surface area (Å²) in [7, 11) is 0.880. The molecule has 0 saturated carbocycles. The van der Waals surface area contributed by atoms with Crippen molar-refractivity contribution in [2.75, 3.05) is 19.9 Å². The Morgan fingerprint density at radius 3 is 2.89 bits per heavy atom. The Morgan fingerprint density at radius 2 is 2.28 bits per heavy atom. The number of rotatable bonds is 4. The number of fused-ring (bicyclic) bond motifs is 1. The Kier molecular flexibility index (Phi) is 4.40. The van der Waals surface area contributed by atoms with Crippen LogP contribution in [0.5, 0.6) is 5.75 Å².